The Morgan fingerprint density at radius 3 is 3.06 bits per heavy atom. The van der Waals surface area contributed by atoms with E-state index in [0.717, 1.165) is 17.9 Å². The highest BCUT2D eigenvalue weighted by molar-refractivity contribution is 8.14. The molecule has 0 spiro atoms. The summed E-state index contributed by atoms with van der Waals surface area (Å²) >= 11 is 1.53. The van der Waals surface area contributed by atoms with Crippen molar-refractivity contribution >= 4 is 28.9 Å². The largest absolute Gasteiger partial charge is 0.302 e. The molecule has 0 saturated heterocycles. The Kier molecular flexibility index (Phi) is 4.15. The lowest BCUT2D eigenvalue weighted by atomic mass is 10.1. The minimum Gasteiger partial charge on any atom is -0.302 e. The molecule has 0 atom stereocenters. The molecule has 0 radical (unpaired) electrons. The van der Waals surface area contributed by atoms with E-state index in [-0.39, 0.29) is 5.91 Å². The van der Waals surface area contributed by atoms with E-state index in [1.54, 1.807) is 24.3 Å². The molecular weight excluding hydrogens is 246 g/mol. The van der Waals surface area contributed by atoms with Crippen molar-refractivity contribution in [1.29, 1.82) is 5.26 Å². The maximum atomic E-state index is 11.6. The highest BCUT2D eigenvalue weighted by Gasteiger charge is 2.08. The van der Waals surface area contributed by atoms with E-state index in [4.69, 9.17) is 5.26 Å². The van der Waals surface area contributed by atoms with Gasteiger partial charge in [-0.05, 0) is 17.7 Å². The van der Waals surface area contributed by atoms with Crippen LogP contribution in [0, 0.1) is 11.3 Å². The average molecular weight is 257 g/mol. The molecule has 4 nitrogen and oxygen atoms in total. The fourth-order valence-corrected chi connectivity index (χ4v) is 2.20. The van der Waals surface area contributed by atoms with E-state index in [2.05, 4.69) is 16.4 Å². The van der Waals surface area contributed by atoms with Gasteiger partial charge in [-0.3, -0.25) is 9.79 Å². The second-order valence-electron chi connectivity index (χ2n) is 3.56. The van der Waals surface area contributed by atoms with Crippen LogP contribution in [0.25, 0.3) is 6.08 Å². The Hall–Kier alpha value is -2.06. The molecule has 0 aromatic heterocycles. The molecule has 0 unspecified atom stereocenters. The molecule has 1 amide bonds. The van der Waals surface area contributed by atoms with E-state index in [1.165, 1.54) is 17.8 Å². The Bertz CT molecular complexity index is 558. The van der Waals surface area contributed by atoms with Gasteiger partial charge < -0.3 is 5.32 Å². The van der Waals surface area contributed by atoms with Crippen molar-refractivity contribution in [2.24, 2.45) is 4.99 Å². The number of rotatable bonds is 2. The molecule has 1 heterocycles. The summed E-state index contributed by atoms with van der Waals surface area (Å²) in [6.45, 7) is 0.751. The normalized spacial score (nSPS) is 14.3. The maximum absolute atomic E-state index is 11.6. The smallest absolute Gasteiger partial charge is 0.249 e. The third kappa shape index (κ3) is 3.22. The van der Waals surface area contributed by atoms with Crippen LogP contribution < -0.4 is 5.32 Å². The predicted octanol–water partition coefficient (Wildman–Crippen LogP) is 1.79. The van der Waals surface area contributed by atoms with Crippen molar-refractivity contribution in [2.75, 3.05) is 12.3 Å². The summed E-state index contributed by atoms with van der Waals surface area (Å²) in [4.78, 5) is 15.7. The van der Waals surface area contributed by atoms with Crippen LogP contribution in [0.3, 0.4) is 0 Å². The number of benzene rings is 1. The van der Waals surface area contributed by atoms with Crippen molar-refractivity contribution in [3.63, 3.8) is 0 Å². The van der Waals surface area contributed by atoms with Gasteiger partial charge in [0.15, 0.2) is 5.17 Å². The molecular formula is C13H11N3OS. The van der Waals surface area contributed by atoms with Crippen molar-refractivity contribution in [2.45, 2.75) is 0 Å². The van der Waals surface area contributed by atoms with E-state index in [0.29, 0.717) is 10.7 Å². The first-order valence-corrected chi connectivity index (χ1v) is 6.43. The average Bonchev–Trinajstić information content (AvgIpc) is 2.89. The number of hydrogen-bond donors (Lipinski definition) is 1. The van der Waals surface area contributed by atoms with Gasteiger partial charge in [0.2, 0.25) is 5.91 Å². The van der Waals surface area contributed by atoms with Gasteiger partial charge >= 0.3 is 0 Å². The van der Waals surface area contributed by atoms with Crippen LogP contribution in [0.2, 0.25) is 0 Å². The lowest BCUT2D eigenvalue weighted by Gasteiger charge is -1.99. The monoisotopic (exact) mass is 257 g/mol. The Labute approximate surface area is 109 Å². The van der Waals surface area contributed by atoms with E-state index in [9.17, 15) is 4.79 Å². The second kappa shape index (κ2) is 6.03. The number of amides is 1. The van der Waals surface area contributed by atoms with Crippen LogP contribution in [0.15, 0.2) is 35.3 Å². The first-order valence-electron chi connectivity index (χ1n) is 5.45. The zero-order valence-corrected chi connectivity index (χ0v) is 10.4. The first-order chi connectivity index (χ1) is 8.79. The lowest BCUT2D eigenvalue weighted by Crippen LogP contribution is -2.25. The lowest BCUT2D eigenvalue weighted by molar-refractivity contribution is -0.115. The zero-order valence-electron chi connectivity index (χ0n) is 9.59. The molecule has 0 aliphatic carbocycles. The highest BCUT2D eigenvalue weighted by atomic mass is 32.2. The van der Waals surface area contributed by atoms with E-state index >= 15 is 0 Å². The van der Waals surface area contributed by atoms with Crippen LogP contribution in [-0.2, 0) is 4.79 Å². The van der Waals surface area contributed by atoms with E-state index < -0.39 is 0 Å². The van der Waals surface area contributed by atoms with Crippen LogP contribution in [0.4, 0.5) is 0 Å². The maximum Gasteiger partial charge on any atom is 0.249 e. The number of nitriles is 1. The quantitative estimate of drug-likeness (QED) is 0.821. The number of carbonyl (C=O) groups is 1. The number of hydrogen-bond acceptors (Lipinski definition) is 4. The summed E-state index contributed by atoms with van der Waals surface area (Å²) < 4.78 is 0. The molecule has 1 aromatic rings. The number of thioether (sulfide) groups is 1. The summed E-state index contributed by atoms with van der Waals surface area (Å²) in [5.74, 6) is 0.687. The second-order valence-corrected chi connectivity index (χ2v) is 4.64. The van der Waals surface area contributed by atoms with Crippen LogP contribution >= 0.6 is 11.8 Å². The molecule has 0 fully saturated rings. The molecule has 1 aliphatic heterocycles. The first kappa shape index (κ1) is 12.4. The Morgan fingerprint density at radius 1 is 1.50 bits per heavy atom. The minimum atomic E-state index is -0.226. The van der Waals surface area contributed by atoms with Gasteiger partial charge in [-0.25, -0.2) is 0 Å². The van der Waals surface area contributed by atoms with Crippen molar-refractivity contribution in [3.05, 3.63) is 41.5 Å². The van der Waals surface area contributed by atoms with Crippen LogP contribution in [0.5, 0.6) is 0 Å². The van der Waals surface area contributed by atoms with Gasteiger partial charge in [0.1, 0.15) is 0 Å². The Balaban J connectivity index is 2.02. The molecule has 1 N–H and O–H groups in total. The third-order valence-corrected chi connectivity index (χ3v) is 3.20. The van der Waals surface area contributed by atoms with Gasteiger partial charge in [0.25, 0.3) is 0 Å². The molecule has 5 heteroatoms. The highest BCUT2D eigenvalue weighted by Crippen LogP contribution is 2.10. The number of amidine groups is 1. The van der Waals surface area contributed by atoms with Crippen molar-refractivity contribution < 1.29 is 4.79 Å². The number of carbonyl (C=O) groups excluding carboxylic acids is 1. The van der Waals surface area contributed by atoms with Gasteiger partial charge in [-0.15, -0.1) is 0 Å². The fourth-order valence-electron chi connectivity index (χ4n) is 1.47. The van der Waals surface area contributed by atoms with Gasteiger partial charge in [-0.1, -0.05) is 30.0 Å². The summed E-state index contributed by atoms with van der Waals surface area (Å²) in [5.41, 5.74) is 1.28. The van der Waals surface area contributed by atoms with Gasteiger partial charge in [0, 0.05) is 11.8 Å². The molecule has 2 rings (SSSR count). The minimum absolute atomic E-state index is 0.226. The van der Waals surface area contributed by atoms with Crippen molar-refractivity contribution in [1.82, 2.24) is 5.32 Å². The fraction of sp³-hybridized carbons (Fsp3) is 0.154. The van der Waals surface area contributed by atoms with E-state index in [1.807, 2.05) is 6.07 Å². The molecule has 0 bridgehead atoms. The third-order valence-electron chi connectivity index (χ3n) is 2.31. The number of aliphatic imine (C=N–C) groups is 1. The molecule has 1 aliphatic rings. The van der Waals surface area contributed by atoms with Gasteiger partial charge in [0.05, 0.1) is 18.2 Å². The summed E-state index contributed by atoms with van der Waals surface area (Å²) in [7, 11) is 0. The number of nitrogens with one attached hydrogen (secondary N) is 1. The molecule has 90 valence electrons. The predicted molar refractivity (Wildman–Crippen MR) is 73.1 cm³/mol. The van der Waals surface area contributed by atoms with Crippen molar-refractivity contribution in [3.8, 4) is 6.07 Å². The SMILES string of the molecule is N#Cc1ccccc1C=CC(=O)NC1=NCCS1. The molecule has 1 aromatic carbocycles. The zero-order chi connectivity index (χ0) is 12.8. The standard InChI is InChI=1S/C13H11N3OS/c14-9-11-4-2-1-3-10(11)5-6-12(17)16-13-15-7-8-18-13/h1-6H,7-8H2,(H,15,16,17). The Morgan fingerprint density at radius 2 is 2.33 bits per heavy atom. The van der Waals surface area contributed by atoms with Crippen LogP contribution in [0.1, 0.15) is 11.1 Å². The topological polar surface area (TPSA) is 65.2 Å². The summed E-state index contributed by atoms with van der Waals surface area (Å²) in [6.07, 6.45) is 3.05. The van der Waals surface area contributed by atoms with Crippen LogP contribution in [-0.4, -0.2) is 23.4 Å². The van der Waals surface area contributed by atoms with Gasteiger partial charge in [-0.2, -0.15) is 5.26 Å². The summed E-state index contributed by atoms with van der Waals surface area (Å²) in [6, 6.07) is 9.21. The molecule has 0 saturated carbocycles. The summed E-state index contributed by atoms with van der Waals surface area (Å²) in [5, 5.41) is 12.3. The molecule has 18 heavy (non-hydrogen) atoms. The number of nitrogens with zero attached hydrogens (tertiary/aromatic N) is 2.